The van der Waals surface area contributed by atoms with Gasteiger partial charge in [0.25, 0.3) is 0 Å². The summed E-state index contributed by atoms with van der Waals surface area (Å²) >= 11 is 0. The fourth-order valence-corrected chi connectivity index (χ4v) is 3.57. The summed E-state index contributed by atoms with van der Waals surface area (Å²) in [6.07, 6.45) is -0.823. The fourth-order valence-electron chi connectivity index (χ4n) is 3.57. The number of ether oxygens (including phenoxy) is 2. The highest BCUT2D eigenvalue weighted by atomic mass is 16.6. The smallest absolute Gasteiger partial charge is 0.338 e. The molecule has 0 heterocycles. The van der Waals surface area contributed by atoms with Crippen molar-refractivity contribution in [1.82, 2.24) is 0 Å². The van der Waals surface area contributed by atoms with Crippen LogP contribution in [0.4, 0.5) is 0 Å². The zero-order valence-corrected chi connectivity index (χ0v) is 17.2. The van der Waals surface area contributed by atoms with Crippen molar-refractivity contribution < 1.29 is 29.0 Å². The van der Waals surface area contributed by atoms with Gasteiger partial charge in [0.1, 0.15) is 12.2 Å². The van der Waals surface area contributed by atoms with Crippen molar-refractivity contribution in [2.75, 3.05) is 6.61 Å². The monoisotopic (exact) mass is 411 g/mol. The number of carbonyl (C=O) groups is 3. The number of carboxylic acids is 1. The molecule has 0 amide bonds. The van der Waals surface area contributed by atoms with E-state index in [0.717, 1.165) is 22.3 Å². The number of rotatable bonds is 6. The van der Waals surface area contributed by atoms with Gasteiger partial charge in [0.2, 0.25) is 5.54 Å². The lowest BCUT2D eigenvalue weighted by atomic mass is 9.95. The van der Waals surface area contributed by atoms with Crippen molar-refractivity contribution in [2.24, 2.45) is 5.73 Å². The average molecular weight is 411 g/mol. The number of hydrogen-bond donors (Lipinski definition) is 2. The van der Waals surface area contributed by atoms with Gasteiger partial charge in [-0.1, -0.05) is 48.5 Å². The van der Waals surface area contributed by atoms with E-state index in [1.807, 2.05) is 48.5 Å². The third-order valence-corrected chi connectivity index (χ3v) is 4.93. The molecule has 0 saturated heterocycles. The van der Waals surface area contributed by atoms with Crippen LogP contribution in [-0.2, 0) is 23.9 Å². The molecule has 7 nitrogen and oxygen atoms in total. The van der Waals surface area contributed by atoms with E-state index in [2.05, 4.69) is 0 Å². The standard InChI is InChI=1S/C23H25NO6/c1-22(2,3)30-19(25)12-23(24,20(26)27)21(28)29-13-18-16-10-6-4-8-14(16)15-9-5-7-11-17(15)18/h4-11,18H,12-13,24H2,1-3H3,(H,26,27)/t23-/m0/s1. The summed E-state index contributed by atoms with van der Waals surface area (Å²) in [6.45, 7) is 4.82. The molecule has 2 aromatic rings. The molecule has 1 atom stereocenters. The van der Waals surface area contributed by atoms with Crippen LogP contribution in [0.5, 0.6) is 0 Å². The molecule has 0 saturated carbocycles. The van der Waals surface area contributed by atoms with E-state index in [4.69, 9.17) is 15.2 Å². The predicted molar refractivity (Wildman–Crippen MR) is 110 cm³/mol. The molecule has 3 N–H and O–H groups in total. The second kappa shape index (κ2) is 7.91. The molecule has 30 heavy (non-hydrogen) atoms. The second-order valence-electron chi connectivity index (χ2n) is 8.37. The Hall–Kier alpha value is -3.19. The van der Waals surface area contributed by atoms with E-state index in [-0.39, 0.29) is 12.5 Å². The molecule has 2 aromatic carbocycles. The van der Waals surface area contributed by atoms with E-state index in [1.165, 1.54) is 0 Å². The number of esters is 2. The zero-order valence-electron chi connectivity index (χ0n) is 17.2. The van der Waals surface area contributed by atoms with Gasteiger partial charge in [0, 0.05) is 5.92 Å². The van der Waals surface area contributed by atoms with Crippen molar-refractivity contribution in [1.29, 1.82) is 0 Å². The Labute approximate surface area is 174 Å². The van der Waals surface area contributed by atoms with Crippen LogP contribution in [0.1, 0.15) is 44.2 Å². The van der Waals surface area contributed by atoms with Gasteiger partial charge in [-0.05, 0) is 43.0 Å². The first-order valence-corrected chi connectivity index (χ1v) is 9.62. The molecule has 0 bridgehead atoms. The largest absolute Gasteiger partial charge is 0.479 e. The number of benzene rings is 2. The van der Waals surface area contributed by atoms with E-state index in [0.29, 0.717) is 0 Å². The number of carbonyl (C=O) groups excluding carboxylic acids is 2. The molecule has 0 aliphatic heterocycles. The van der Waals surface area contributed by atoms with Crippen LogP contribution < -0.4 is 5.73 Å². The highest BCUT2D eigenvalue weighted by Gasteiger charge is 2.47. The molecule has 0 aromatic heterocycles. The topological polar surface area (TPSA) is 116 Å². The molecular weight excluding hydrogens is 386 g/mol. The lowest BCUT2D eigenvalue weighted by Gasteiger charge is -2.26. The minimum Gasteiger partial charge on any atom is -0.479 e. The number of nitrogens with two attached hydrogens (primary N) is 1. The van der Waals surface area contributed by atoms with Gasteiger partial charge >= 0.3 is 17.9 Å². The maximum absolute atomic E-state index is 12.7. The zero-order chi connectivity index (χ0) is 22.1. The van der Waals surface area contributed by atoms with Gasteiger partial charge in [0.15, 0.2) is 0 Å². The van der Waals surface area contributed by atoms with E-state index >= 15 is 0 Å². The molecule has 3 rings (SSSR count). The lowest BCUT2D eigenvalue weighted by molar-refractivity contribution is -0.170. The van der Waals surface area contributed by atoms with Gasteiger partial charge in [0.05, 0.1) is 6.42 Å². The van der Waals surface area contributed by atoms with E-state index in [9.17, 15) is 19.5 Å². The SMILES string of the molecule is CC(C)(C)OC(=O)C[C@](N)(C(=O)O)C(=O)OCC1c2ccccc2-c2ccccc21. The molecule has 1 aliphatic rings. The third-order valence-electron chi connectivity index (χ3n) is 4.93. The Bertz CT molecular complexity index is 948. The van der Waals surface area contributed by atoms with Gasteiger partial charge in [-0.25, -0.2) is 9.59 Å². The van der Waals surface area contributed by atoms with Crippen LogP contribution >= 0.6 is 0 Å². The minimum atomic E-state index is -2.53. The summed E-state index contributed by atoms with van der Waals surface area (Å²) in [7, 11) is 0. The highest BCUT2D eigenvalue weighted by molar-refractivity contribution is 6.06. The maximum Gasteiger partial charge on any atom is 0.338 e. The summed E-state index contributed by atoms with van der Waals surface area (Å²) in [5.41, 5.74) is 6.49. The lowest BCUT2D eigenvalue weighted by Crippen LogP contribution is -2.57. The maximum atomic E-state index is 12.7. The summed E-state index contributed by atoms with van der Waals surface area (Å²) in [4.78, 5) is 36.5. The van der Waals surface area contributed by atoms with Gasteiger partial charge < -0.3 is 20.3 Å². The van der Waals surface area contributed by atoms with Crippen molar-refractivity contribution in [3.63, 3.8) is 0 Å². The summed E-state index contributed by atoms with van der Waals surface area (Å²) in [6, 6.07) is 15.5. The second-order valence-corrected chi connectivity index (χ2v) is 8.37. The van der Waals surface area contributed by atoms with Gasteiger partial charge in [-0.15, -0.1) is 0 Å². The fraction of sp³-hybridized carbons (Fsp3) is 0.348. The van der Waals surface area contributed by atoms with E-state index in [1.54, 1.807) is 20.8 Å². The predicted octanol–water partition coefficient (Wildman–Crippen LogP) is 2.86. The minimum absolute atomic E-state index is 0.0899. The first-order chi connectivity index (χ1) is 14.0. The van der Waals surface area contributed by atoms with Crippen LogP contribution in [0.2, 0.25) is 0 Å². The van der Waals surface area contributed by atoms with E-state index < -0.39 is 35.5 Å². The van der Waals surface area contributed by atoms with Crippen LogP contribution in [-0.4, -0.2) is 40.8 Å². The Morgan fingerprint density at radius 2 is 1.47 bits per heavy atom. The molecule has 7 heteroatoms. The van der Waals surface area contributed by atoms with Gasteiger partial charge in [-0.2, -0.15) is 0 Å². The summed E-state index contributed by atoms with van der Waals surface area (Å²) < 4.78 is 10.5. The number of carboxylic acid groups (broad SMARTS) is 1. The third kappa shape index (κ3) is 4.21. The van der Waals surface area contributed by atoms with Crippen LogP contribution in [0.3, 0.4) is 0 Å². The van der Waals surface area contributed by atoms with Crippen LogP contribution in [0.15, 0.2) is 48.5 Å². The van der Waals surface area contributed by atoms with Crippen molar-refractivity contribution in [3.05, 3.63) is 59.7 Å². The molecule has 1 aliphatic carbocycles. The molecule has 0 fully saturated rings. The first-order valence-electron chi connectivity index (χ1n) is 9.62. The normalized spacial score (nSPS) is 14.9. The molecule has 158 valence electrons. The number of aliphatic carboxylic acids is 1. The quantitative estimate of drug-likeness (QED) is 0.555. The molecule has 0 radical (unpaired) electrons. The van der Waals surface area contributed by atoms with Crippen LogP contribution in [0, 0.1) is 0 Å². The average Bonchev–Trinajstić information content (AvgIpc) is 2.98. The van der Waals surface area contributed by atoms with Crippen LogP contribution in [0.25, 0.3) is 11.1 Å². The van der Waals surface area contributed by atoms with Crippen molar-refractivity contribution >= 4 is 17.9 Å². The summed E-state index contributed by atoms with van der Waals surface area (Å²) in [5.74, 6) is -3.96. The van der Waals surface area contributed by atoms with Crippen molar-refractivity contribution in [2.45, 2.75) is 44.2 Å². The number of fused-ring (bicyclic) bond motifs is 3. The molecule has 0 spiro atoms. The Balaban J connectivity index is 1.78. The Morgan fingerprint density at radius 1 is 0.967 bits per heavy atom. The number of hydrogen-bond acceptors (Lipinski definition) is 6. The Morgan fingerprint density at radius 3 is 1.93 bits per heavy atom. The first kappa shape index (κ1) is 21.5. The Kier molecular flexibility index (Phi) is 5.67. The molecule has 0 unspecified atom stereocenters. The molecular formula is C23H25NO6. The van der Waals surface area contributed by atoms with Crippen molar-refractivity contribution in [3.8, 4) is 11.1 Å². The van der Waals surface area contributed by atoms with Gasteiger partial charge in [-0.3, -0.25) is 4.79 Å². The highest BCUT2D eigenvalue weighted by Crippen LogP contribution is 2.44. The summed E-state index contributed by atoms with van der Waals surface area (Å²) in [5, 5.41) is 9.52.